The SMILES string of the molecule is CCCCB1CC(C)CC(C)C1. The van der Waals surface area contributed by atoms with Gasteiger partial charge in [-0.2, -0.15) is 0 Å². The molecule has 1 fully saturated rings. The molecule has 2 atom stereocenters. The van der Waals surface area contributed by atoms with Crippen molar-refractivity contribution in [1.82, 2.24) is 0 Å². The van der Waals surface area contributed by atoms with Crippen LogP contribution in [0.25, 0.3) is 0 Å². The molecule has 70 valence electrons. The zero-order valence-electron chi connectivity index (χ0n) is 8.97. The van der Waals surface area contributed by atoms with Gasteiger partial charge in [-0.25, -0.2) is 0 Å². The first-order valence-corrected chi connectivity index (χ1v) is 5.72. The quantitative estimate of drug-likeness (QED) is 0.556. The minimum atomic E-state index is 0.996. The minimum Gasteiger partial charge on any atom is -0.0741 e. The van der Waals surface area contributed by atoms with E-state index in [0.717, 1.165) is 18.5 Å². The van der Waals surface area contributed by atoms with Crippen LogP contribution in [-0.4, -0.2) is 6.71 Å². The van der Waals surface area contributed by atoms with Crippen LogP contribution in [0.4, 0.5) is 0 Å². The fourth-order valence-electron chi connectivity index (χ4n) is 2.84. The summed E-state index contributed by atoms with van der Waals surface area (Å²) in [7, 11) is 0. The summed E-state index contributed by atoms with van der Waals surface area (Å²) in [5.74, 6) is 1.99. The Kier molecular flexibility index (Phi) is 4.18. The number of hydrogen-bond donors (Lipinski definition) is 0. The maximum atomic E-state index is 2.43. The summed E-state index contributed by atoms with van der Waals surface area (Å²) in [6.45, 7) is 8.21. The monoisotopic (exact) mass is 166 g/mol. The van der Waals surface area contributed by atoms with Crippen molar-refractivity contribution in [3.05, 3.63) is 0 Å². The molecular weight excluding hydrogens is 143 g/mol. The fourth-order valence-corrected chi connectivity index (χ4v) is 2.84. The van der Waals surface area contributed by atoms with E-state index in [1.807, 2.05) is 0 Å². The van der Waals surface area contributed by atoms with E-state index in [9.17, 15) is 0 Å². The average Bonchev–Trinajstić information content (AvgIpc) is 1.99. The normalized spacial score (nSPS) is 30.8. The Labute approximate surface area is 78.2 Å². The van der Waals surface area contributed by atoms with Crippen LogP contribution in [-0.2, 0) is 0 Å². The highest BCUT2D eigenvalue weighted by Crippen LogP contribution is 2.31. The molecule has 1 heteroatoms. The Hall–Kier alpha value is 0.0649. The lowest BCUT2D eigenvalue weighted by Gasteiger charge is -2.29. The van der Waals surface area contributed by atoms with Gasteiger partial charge in [0.2, 0.25) is 0 Å². The Morgan fingerprint density at radius 2 is 1.75 bits per heavy atom. The van der Waals surface area contributed by atoms with E-state index in [2.05, 4.69) is 20.8 Å². The smallest absolute Gasteiger partial charge is 0.0741 e. The zero-order chi connectivity index (χ0) is 8.97. The van der Waals surface area contributed by atoms with Crippen LogP contribution in [0.1, 0.15) is 40.0 Å². The third-order valence-corrected chi connectivity index (χ3v) is 3.24. The average molecular weight is 166 g/mol. The predicted octanol–water partition coefficient (Wildman–Crippen LogP) is 3.96. The van der Waals surface area contributed by atoms with Crippen molar-refractivity contribution >= 4 is 6.71 Å². The summed E-state index contributed by atoms with van der Waals surface area (Å²) in [6.07, 6.45) is 8.80. The lowest BCUT2D eigenvalue weighted by Crippen LogP contribution is -2.25. The highest BCUT2D eigenvalue weighted by atomic mass is 14.1. The zero-order valence-corrected chi connectivity index (χ0v) is 8.97. The molecule has 1 aliphatic rings. The van der Waals surface area contributed by atoms with Crippen molar-refractivity contribution in [3.8, 4) is 0 Å². The molecule has 0 nitrogen and oxygen atoms in total. The van der Waals surface area contributed by atoms with Crippen LogP contribution in [0.3, 0.4) is 0 Å². The third-order valence-electron chi connectivity index (χ3n) is 3.24. The first-order valence-electron chi connectivity index (χ1n) is 5.72. The predicted molar refractivity (Wildman–Crippen MR) is 58.0 cm³/mol. The van der Waals surface area contributed by atoms with Crippen molar-refractivity contribution in [2.75, 3.05) is 0 Å². The molecule has 1 rings (SSSR count). The van der Waals surface area contributed by atoms with Crippen LogP contribution < -0.4 is 0 Å². The molecule has 0 amide bonds. The van der Waals surface area contributed by atoms with Gasteiger partial charge in [-0.05, 0) is 6.42 Å². The van der Waals surface area contributed by atoms with Gasteiger partial charge < -0.3 is 0 Å². The minimum absolute atomic E-state index is 0.996. The second-order valence-electron chi connectivity index (χ2n) is 4.93. The van der Waals surface area contributed by atoms with Crippen molar-refractivity contribution in [1.29, 1.82) is 0 Å². The molecule has 1 heterocycles. The molecular formula is C11H23B. The Morgan fingerprint density at radius 3 is 2.25 bits per heavy atom. The van der Waals surface area contributed by atoms with E-state index in [0.29, 0.717) is 0 Å². The molecule has 2 unspecified atom stereocenters. The molecule has 0 bridgehead atoms. The summed E-state index contributed by atoms with van der Waals surface area (Å²) in [4.78, 5) is 0. The fraction of sp³-hybridized carbons (Fsp3) is 1.00. The van der Waals surface area contributed by atoms with E-state index in [1.54, 1.807) is 0 Å². The summed E-state index contributed by atoms with van der Waals surface area (Å²) < 4.78 is 0. The van der Waals surface area contributed by atoms with Crippen LogP contribution in [0, 0.1) is 11.8 Å². The van der Waals surface area contributed by atoms with Crippen LogP contribution in [0.2, 0.25) is 19.0 Å². The van der Waals surface area contributed by atoms with E-state index >= 15 is 0 Å². The maximum Gasteiger partial charge on any atom is 0.140 e. The molecule has 1 saturated heterocycles. The molecule has 12 heavy (non-hydrogen) atoms. The van der Waals surface area contributed by atoms with Gasteiger partial charge in [0, 0.05) is 0 Å². The Bertz CT molecular complexity index is 112. The topological polar surface area (TPSA) is 0 Å². The molecule has 1 aliphatic heterocycles. The molecule has 0 N–H and O–H groups in total. The van der Waals surface area contributed by atoms with Gasteiger partial charge in [-0.1, -0.05) is 64.4 Å². The first kappa shape index (κ1) is 10.1. The van der Waals surface area contributed by atoms with Gasteiger partial charge in [0.25, 0.3) is 0 Å². The Morgan fingerprint density at radius 1 is 1.17 bits per heavy atom. The number of hydrogen-bond acceptors (Lipinski definition) is 0. The lowest BCUT2D eigenvalue weighted by atomic mass is 9.36. The van der Waals surface area contributed by atoms with E-state index in [4.69, 9.17) is 0 Å². The maximum absolute atomic E-state index is 2.43. The highest BCUT2D eigenvalue weighted by molar-refractivity contribution is 6.59. The highest BCUT2D eigenvalue weighted by Gasteiger charge is 2.25. The van der Waals surface area contributed by atoms with Crippen molar-refractivity contribution in [2.45, 2.75) is 59.0 Å². The molecule has 0 aliphatic carbocycles. The van der Waals surface area contributed by atoms with E-state index < -0.39 is 0 Å². The van der Waals surface area contributed by atoms with Crippen LogP contribution >= 0.6 is 0 Å². The molecule has 0 spiro atoms. The standard InChI is InChI=1S/C11H23B/c1-4-5-6-12-8-10(2)7-11(3)9-12/h10-11H,4-9H2,1-3H3. The van der Waals surface area contributed by atoms with E-state index in [-0.39, 0.29) is 0 Å². The number of unbranched alkanes of at least 4 members (excludes halogenated alkanes) is 1. The first-order chi connectivity index (χ1) is 5.72. The molecule has 0 aromatic rings. The second kappa shape index (κ2) is 4.94. The van der Waals surface area contributed by atoms with Gasteiger partial charge >= 0.3 is 0 Å². The summed E-state index contributed by atoms with van der Waals surface area (Å²) in [5, 5.41) is 0. The lowest BCUT2D eigenvalue weighted by molar-refractivity contribution is 0.437. The van der Waals surface area contributed by atoms with Crippen molar-refractivity contribution in [2.24, 2.45) is 11.8 Å². The molecule has 0 aromatic heterocycles. The van der Waals surface area contributed by atoms with Gasteiger partial charge in [0.05, 0.1) is 0 Å². The second-order valence-corrected chi connectivity index (χ2v) is 4.93. The summed E-state index contributed by atoms with van der Waals surface area (Å²) in [6, 6.07) is 0. The van der Waals surface area contributed by atoms with Gasteiger partial charge in [0.1, 0.15) is 6.71 Å². The van der Waals surface area contributed by atoms with Crippen molar-refractivity contribution in [3.63, 3.8) is 0 Å². The van der Waals surface area contributed by atoms with E-state index in [1.165, 1.54) is 38.2 Å². The Balaban J connectivity index is 2.24. The summed E-state index contributed by atoms with van der Waals surface area (Å²) in [5.41, 5.74) is 0. The van der Waals surface area contributed by atoms with Gasteiger partial charge in [-0.3, -0.25) is 0 Å². The molecule has 0 radical (unpaired) electrons. The van der Waals surface area contributed by atoms with Gasteiger partial charge in [0.15, 0.2) is 0 Å². The van der Waals surface area contributed by atoms with Crippen LogP contribution in [0.15, 0.2) is 0 Å². The molecule has 0 saturated carbocycles. The third kappa shape index (κ3) is 3.20. The van der Waals surface area contributed by atoms with Crippen molar-refractivity contribution < 1.29 is 0 Å². The number of rotatable bonds is 3. The largest absolute Gasteiger partial charge is 0.140 e. The van der Waals surface area contributed by atoms with Gasteiger partial charge in [-0.15, -0.1) is 0 Å². The van der Waals surface area contributed by atoms with Crippen LogP contribution in [0.5, 0.6) is 0 Å². The summed E-state index contributed by atoms with van der Waals surface area (Å²) >= 11 is 0. The molecule has 0 aromatic carbocycles.